The lowest BCUT2D eigenvalue weighted by Gasteiger charge is -2.35. The molecule has 51 heavy (non-hydrogen) atoms. The first-order valence-corrected chi connectivity index (χ1v) is 17.4. The molecule has 3 atom stereocenters. The van der Waals surface area contributed by atoms with E-state index >= 15 is 17.6 Å². The van der Waals surface area contributed by atoms with Gasteiger partial charge in [-0.3, -0.25) is 9.88 Å². The first-order valence-electron chi connectivity index (χ1n) is 16.6. The zero-order chi connectivity index (χ0) is 35.8. The predicted molar refractivity (Wildman–Crippen MR) is 181 cm³/mol. The van der Waals surface area contributed by atoms with Crippen molar-refractivity contribution in [2.75, 3.05) is 37.4 Å². The number of halogens is 6. The van der Waals surface area contributed by atoms with E-state index < -0.39 is 46.2 Å². The van der Waals surface area contributed by atoms with E-state index in [1.165, 1.54) is 0 Å². The van der Waals surface area contributed by atoms with Gasteiger partial charge in [0.15, 0.2) is 5.82 Å². The summed E-state index contributed by atoms with van der Waals surface area (Å²) in [6, 6.07) is 5.84. The molecule has 0 spiro atoms. The molecule has 2 N–H and O–H groups in total. The molecule has 8 nitrogen and oxygen atoms in total. The normalized spacial score (nSPS) is 21.9. The van der Waals surface area contributed by atoms with Crippen LogP contribution in [0, 0.1) is 23.0 Å². The summed E-state index contributed by atoms with van der Waals surface area (Å²) in [4.78, 5) is 17.0. The minimum atomic E-state index is -5.09. The summed E-state index contributed by atoms with van der Waals surface area (Å²) in [6.07, 6.45) is 1.26. The van der Waals surface area contributed by atoms with E-state index in [2.05, 4.69) is 15.0 Å². The maximum atomic E-state index is 17.2. The number of nitriles is 1. The van der Waals surface area contributed by atoms with Gasteiger partial charge in [0, 0.05) is 48.7 Å². The number of anilines is 2. The van der Waals surface area contributed by atoms with Crippen LogP contribution in [-0.4, -0.2) is 58.3 Å². The summed E-state index contributed by atoms with van der Waals surface area (Å²) in [5, 5.41) is 9.31. The Hall–Kier alpha value is -4.68. The fraction of sp³-hybridized carbons (Fsp3) is 0.389. The number of alkyl halides is 4. The second kappa shape index (κ2) is 12.2. The van der Waals surface area contributed by atoms with Crippen molar-refractivity contribution in [1.29, 1.82) is 5.26 Å². The molecule has 0 bridgehead atoms. The molecule has 3 aromatic heterocycles. The Labute approximate surface area is 292 Å². The van der Waals surface area contributed by atoms with Gasteiger partial charge in [-0.15, -0.1) is 11.3 Å². The Morgan fingerprint density at radius 1 is 1.20 bits per heavy atom. The van der Waals surface area contributed by atoms with Crippen molar-refractivity contribution in [1.82, 2.24) is 19.9 Å². The van der Waals surface area contributed by atoms with Crippen molar-refractivity contribution in [2.45, 2.75) is 62.5 Å². The highest BCUT2D eigenvalue weighted by Gasteiger charge is 2.49. The molecule has 5 aromatic rings. The predicted octanol–water partition coefficient (Wildman–Crippen LogP) is 8.13. The van der Waals surface area contributed by atoms with Crippen LogP contribution in [0.2, 0.25) is 0 Å². The summed E-state index contributed by atoms with van der Waals surface area (Å²) in [5.41, 5.74) is 3.97. The third kappa shape index (κ3) is 5.42. The van der Waals surface area contributed by atoms with Crippen LogP contribution in [0.4, 0.5) is 37.2 Å². The Bertz CT molecular complexity index is 2250. The first kappa shape index (κ1) is 33.5. The summed E-state index contributed by atoms with van der Waals surface area (Å²) in [7, 11) is 1.68. The van der Waals surface area contributed by atoms with Crippen LogP contribution in [0.15, 0.2) is 36.7 Å². The maximum Gasteiger partial charge on any atom is 0.417 e. The first-order chi connectivity index (χ1) is 24.4. The van der Waals surface area contributed by atoms with Crippen LogP contribution < -0.4 is 15.4 Å². The molecule has 264 valence electrons. The number of aryl methyl sites for hydroxylation is 1. The molecule has 2 aromatic carbocycles. The number of rotatable bonds is 6. The highest BCUT2D eigenvalue weighted by molar-refractivity contribution is 7.23. The van der Waals surface area contributed by atoms with Gasteiger partial charge in [-0.1, -0.05) is 6.07 Å². The standard InChI is InChI=1S/C36H31F6N7OS/c1-48(26-5-2-4-18-8-10-45-15-23(18)26)33-21-12-24(36(40,41)42)28(20-6-7-25(38)31-27(20)22(14-43)32(44)51-31)29(39)30(21)46-34(47-33)50-17-35-9-3-11-49(35)16-19(37)13-35/h6-8,10,12,15,19,26H,2-5,9,11,13,16-17,44H2,1H3. The third-order valence-corrected chi connectivity index (χ3v) is 11.7. The molecular formula is C36H31F6N7OS. The lowest BCUT2D eigenvalue weighted by atomic mass is 9.88. The summed E-state index contributed by atoms with van der Waals surface area (Å²) in [5.74, 6) is -2.15. The van der Waals surface area contributed by atoms with Gasteiger partial charge < -0.3 is 15.4 Å². The van der Waals surface area contributed by atoms with Gasteiger partial charge in [0.05, 0.1) is 27.4 Å². The van der Waals surface area contributed by atoms with Gasteiger partial charge in [0.25, 0.3) is 0 Å². The molecule has 0 saturated carbocycles. The summed E-state index contributed by atoms with van der Waals surface area (Å²) in [6.45, 7) is 0.979. The van der Waals surface area contributed by atoms with E-state index in [9.17, 15) is 14.0 Å². The van der Waals surface area contributed by atoms with Crippen molar-refractivity contribution in [3.05, 3.63) is 70.5 Å². The van der Waals surface area contributed by atoms with Crippen LogP contribution in [0.1, 0.15) is 60.4 Å². The van der Waals surface area contributed by atoms with E-state index in [4.69, 9.17) is 10.5 Å². The highest BCUT2D eigenvalue weighted by atomic mass is 32.1. The van der Waals surface area contributed by atoms with Crippen molar-refractivity contribution < 1.29 is 31.1 Å². The molecule has 0 amide bonds. The number of fused-ring (bicyclic) bond motifs is 4. The SMILES string of the molecule is CN(c1nc(OCC23CCCN2CC(F)C3)nc2c(F)c(-c3ccc(F)c4sc(N)c(C#N)c34)c(C(F)(F)F)cc12)C1CCCc2ccncc21. The van der Waals surface area contributed by atoms with Crippen molar-refractivity contribution >= 4 is 43.1 Å². The molecule has 0 radical (unpaired) electrons. The number of benzene rings is 2. The van der Waals surface area contributed by atoms with Crippen molar-refractivity contribution in [3.63, 3.8) is 0 Å². The third-order valence-electron chi connectivity index (χ3n) is 10.7. The molecular weight excluding hydrogens is 692 g/mol. The number of thiophene rings is 1. The molecule has 1 aliphatic carbocycles. The van der Waals surface area contributed by atoms with Gasteiger partial charge in [-0.25, -0.2) is 13.2 Å². The van der Waals surface area contributed by atoms with E-state index in [-0.39, 0.29) is 69.0 Å². The van der Waals surface area contributed by atoms with E-state index in [1.54, 1.807) is 24.3 Å². The van der Waals surface area contributed by atoms with Gasteiger partial charge in [-0.05, 0) is 73.5 Å². The molecule has 3 unspecified atom stereocenters. The topological polar surface area (TPSA) is 104 Å². The smallest absolute Gasteiger partial charge is 0.417 e. The molecule has 8 rings (SSSR count). The number of aromatic nitrogens is 3. The number of nitrogens with zero attached hydrogens (tertiary/aromatic N) is 6. The quantitative estimate of drug-likeness (QED) is 0.175. The monoisotopic (exact) mass is 723 g/mol. The molecule has 3 aliphatic rings. The number of nitrogen functional groups attached to an aromatic ring is 1. The lowest BCUT2D eigenvalue weighted by molar-refractivity contribution is -0.137. The average Bonchev–Trinajstić information content (AvgIpc) is 3.76. The molecule has 2 fully saturated rings. The summed E-state index contributed by atoms with van der Waals surface area (Å²) < 4.78 is 97.9. The minimum absolute atomic E-state index is 0.00460. The number of hydrogen-bond acceptors (Lipinski definition) is 9. The number of hydrogen-bond donors (Lipinski definition) is 1. The average molecular weight is 724 g/mol. The van der Waals surface area contributed by atoms with Crippen LogP contribution in [0.5, 0.6) is 6.01 Å². The number of nitrogens with two attached hydrogens (primary N) is 1. The second-order valence-corrected chi connectivity index (χ2v) is 14.6. The van der Waals surface area contributed by atoms with Gasteiger partial charge in [0.1, 0.15) is 41.0 Å². The molecule has 2 saturated heterocycles. The number of pyridine rings is 1. The second-order valence-electron chi connectivity index (χ2n) is 13.5. The largest absolute Gasteiger partial charge is 0.461 e. The fourth-order valence-corrected chi connectivity index (χ4v) is 9.27. The molecule has 15 heteroatoms. The summed E-state index contributed by atoms with van der Waals surface area (Å²) >= 11 is 0.695. The molecule has 5 heterocycles. The fourth-order valence-electron chi connectivity index (χ4n) is 8.32. The van der Waals surface area contributed by atoms with Gasteiger partial charge in [0.2, 0.25) is 0 Å². The van der Waals surface area contributed by atoms with Crippen LogP contribution in [-0.2, 0) is 12.6 Å². The lowest BCUT2D eigenvalue weighted by Crippen LogP contribution is -2.43. The van der Waals surface area contributed by atoms with E-state index in [1.807, 2.05) is 17.0 Å². The van der Waals surface area contributed by atoms with Crippen molar-refractivity contribution in [2.24, 2.45) is 0 Å². The minimum Gasteiger partial charge on any atom is -0.461 e. The zero-order valence-electron chi connectivity index (χ0n) is 27.3. The Morgan fingerprint density at radius 3 is 2.80 bits per heavy atom. The van der Waals surface area contributed by atoms with Crippen LogP contribution >= 0.6 is 11.3 Å². The van der Waals surface area contributed by atoms with Crippen LogP contribution in [0.25, 0.3) is 32.1 Å². The maximum absolute atomic E-state index is 17.2. The van der Waals surface area contributed by atoms with Gasteiger partial charge >= 0.3 is 12.2 Å². The van der Waals surface area contributed by atoms with Crippen LogP contribution in [0.3, 0.4) is 0 Å². The Balaban J connectivity index is 1.36. The van der Waals surface area contributed by atoms with E-state index in [0.29, 0.717) is 30.7 Å². The van der Waals surface area contributed by atoms with Gasteiger partial charge in [-0.2, -0.15) is 28.4 Å². The Kier molecular flexibility index (Phi) is 8.02. The van der Waals surface area contributed by atoms with Crippen molar-refractivity contribution in [3.8, 4) is 23.2 Å². The zero-order valence-corrected chi connectivity index (χ0v) is 28.1. The number of ether oxygens (including phenoxy) is 1. The Morgan fingerprint density at radius 2 is 2.02 bits per heavy atom. The van der Waals surface area contributed by atoms with E-state index in [0.717, 1.165) is 48.6 Å². The molecule has 2 aliphatic heterocycles. The highest BCUT2D eigenvalue weighted by Crippen LogP contribution is 2.49.